The molecule has 4 N–H and O–H groups in total. The topological polar surface area (TPSA) is 213 Å². The number of fused-ring (bicyclic) bond motifs is 1. The smallest absolute Gasteiger partial charge is 0.278 e. The normalized spacial score (nSPS) is 19.5. The molecule has 0 aromatic carbocycles. The molecule has 0 spiro atoms. The Bertz CT molecular complexity index is 1460. The number of aliphatic carboxylic acids is 1. The van der Waals surface area contributed by atoms with Crippen LogP contribution in [0.15, 0.2) is 41.0 Å². The van der Waals surface area contributed by atoms with E-state index >= 15 is 0 Å². The third kappa shape index (κ3) is 5.86. The van der Waals surface area contributed by atoms with Crippen LogP contribution < -0.4 is 25.4 Å². The maximum Gasteiger partial charge on any atom is 0.278 e. The van der Waals surface area contributed by atoms with Gasteiger partial charge >= 0.3 is 0 Å². The van der Waals surface area contributed by atoms with Crippen molar-refractivity contribution in [3.8, 4) is 0 Å². The summed E-state index contributed by atoms with van der Waals surface area (Å²) in [6, 6.07) is 2.10. The van der Waals surface area contributed by atoms with Crippen LogP contribution in [0.4, 0.5) is 10.8 Å². The van der Waals surface area contributed by atoms with Gasteiger partial charge in [0.2, 0.25) is 21.6 Å². The highest BCUT2D eigenvalue weighted by molar-refractivity contribution is 8.00. The third-order valence-electron chi connectivity index (χ3n) is 5.22. The summed E-state index contributed by atoms with van der Waals surface area (Å²) in [7, 11) is -3.51. The summed E-state index contributed by atoms with van der Waals surface area (Å²) in [6.45, 7) is 1.89. The number of nitrogens with zero attached hydrogens (tertiary/aromatic N) is 5. The number of carboxylic acid groups (broad SMARTS) is 1. The highest BCUT2D eigenvalue weighted by atomic mass is 32.2. The first kappa shape index (κ1) is 27.3. The predicted molar refractivity (Wildman–Crippen MR) is 135 cm³/mol. The zero-order valence-corrected chi connectivity index (χ0v) is 22.4. The van der Waals surface area contributed by atoms with E-state index in [-0.39, 0.29) is 47.0 Å². The first-order valence-corrected chi connectivity index (χ1v) is 14.6. The number of carbonyl (C=O) groups excluding carboxylic acids is 3. The third-order valence-corrected chi connectivity index (χ3v) is 7.70. The lowest BCUT2D eigenvalue weighted by molar-refractivity contribution is -0.688. The number of amides is 2. The van der Waals surface area contributed by atoms with Crippen LogP contribution in [0.5, 0.6) is 0 Å². The Morgan fingerprint density at radius 3 is 2.82 bits per heavy atom. The molecule has 18 heteroatoms. The number of β-lactam (4-membered cyclic amide) rings is 1. The van der Waals surface area contributed by atoms with Crippen molar-refractivity contribution in [3.63, 3.8) is 0 Å². The van der Waals surface area contributed by atoms with Crippen molar-refractivity contribution in [1.82, 2.24) is 19.6 Å². The summed E-state index contributed by atoms with van der Waals surface area (Å²) in [5.74, 6) is -2.84. The summed E-state index contributed by atoms with van der Waals surface area (Å²) in [4.78, 5) is 48.0. The molecule has 0 aliphatic carbocycles. The minimum Gasteiger partial charge on any atom is -0.543 e. The molecule has 0 bridgehead atoms. The number of hydrogen-bond donors (Lipinski definition) is 3. The number of nitrogens with one attached hydrogen (secondary N) is 2. The zero-order chi connectivity index (χ0) is 27.6. The number of nitrogens with two attached hydrogens (primary N) is 1. The molecule has 4 heterocycles. The number of carboxylic acids is 1. The number of thioether (sulfide) groups is 1. The van der Waals surface area contributed by atoms with Gasteiger partial charge in [-0.15, -0.1) is 11.8 Å². The second-order valence-corrected chi connectivity index (χ2v) is 11.7. The predicted octanol–water partition coefficient (Wildman–Crippen LogP) is -2.38. The molecule has 0 radical (unpaired) electrons. The van der Waals surface area contributed by atoms with E-state index < -0.39 is 39.2 Å². The Hall–Kier alpha value is -3.77. The van der Waals surface area contributed by atoms with Gasteiger partial charge in [-0.05, 0) is 13.0 Å². The Morgan fingerprint density at radius 2 is 2.18 bits per heavy atom. The van der Waals surface area contributed by atoms with E-state index in [0.717, 1.165) is 22.7 Å². The molecule has 2 amide bonds. The van der Waals surface area contributed by atoms with Crippen molar-refractivity contribution in [1.29, 1.82) is 0 Å². The second kappa shape index (κ2) is 10.9. The lowest BCUT2D eigenvalue weighted by atomic mass is 10.0. The largest absolute Gasteiger partial charge is 0.543 e. The molecule has 2 aliphatic heterocycles. The molecule has 1 unspecified atom stereocenters. The van der Waals surface area contributed by atoms with E-state index in [1.165, 1.54) is 18.0 Å². The van der Waals surface area contributed by atoms with Gasteiger partial charge in [0.05, 0.1) is 17.9 Å². The van der Waals surface area contributed by atoms with Crippen LogP contribution in [0.2, 0.25) is 0 Å². The van der Waals surface area contributed by atoms with Gasteiger partial charge in [0.25, 0.3) is 11.8 Å². The van der Waals surface area contributed by atoms with Gasteiger partial charge in [-0.25, -0.2) is 8.42 Å². The Kier molecular flexibility index (Phi) is 7.83. The Balaban J connectivity index is 1.53. The molecule has 4 rings (SSSR count). The average molecular weight is 583 g/mol. The number of rotatable bonds is 10. The molecule has 2 aliphatic rings. The van der Waals surface area contributed by atoms with Gasteiger partial charge in [-0.1, -0.05) is 5.16 Å². The molecular weight excluding hydrogens is 560 g/mol. The molecule has 2 aromatic heterocycles. The van der Waals surface area contributed by atoms with Crippen molar-refractivity contribution in [3.05, 3.63) is 41.6 Å². The summed E-state index contributed by atoms with van der Waals surface area (Å²) >= 11 is 2.11. The molecule has 2 atom stereocenters. The number of hydrogen-bond acceptors (Lipinski definition) is 13. The average Bonchev–Trinajstić information content (AvgIpc) is 3.27. The van der Waals surface area contributed by atoms with Crippen molar-refractivity contribution >= 4 is 67.6 Å². The van der Waals surface area contributed by atoms with Gasteiger partial charge in [0.15, 0.2) is 24.1 Å². The minimum absolute atomic E-state index is 0.0607. The fourth-order valence-corrected chi connectivity index (χ4v) is 6.08. The molecule has 15 nitrogen and oxygen atoms in total. The number of nitrogen functional groups attached to an aromatic ring is 1. The van der Waals surface area contributed by atoms with E-state index in [0.29, 0.717) is 5.57 Å². The number of oxime groups is 1. The number of pyridine rings is 1. The number of anilines is 2. The van der Waals surface area contributed by atoms with Crippen molar-refractivity contribution < 1.29 is 37.3 Å². The molecule has 0 saturated carbocycles. The van der Waals surface area contributed by atoms with Crippen LogP contribution in [-0.2, 0) is 35.8 Å². The van der Waals surface area contributed by atoms with Crippen molar-refractivity contribution in [2.45, 2.75) is 24.9 Å². The van der Waals surface area contributed by atoms with Gasteiger partial charge < -0.3 is 25.8 Å². The van der Waals surface area contributed by atoms with Crippen LogP contribution >= 0.6 is 23.3 Å². The van der Waals surface area contributed by atoms with Crippen LogP contribution in [0.3, 0.4) is 0 Å². The quantitative estimate of drug-likeness (QED) is 0.116. The molecule has 2 aromatic rings. The number of carbonyl (C=O) groups is 3. The Labute approximate surface area is 225 Å². The van der Waals surface area contributed by atoms with Crippen molar-refractivity contribution in [2.24, 2.45) is 5.16 Å². The van der Waals surface area contributed by atoms with Gasteiger partial charge in [-0.2, -0.15) is 13.9 Å². The van der Waals surface area contributed by atoms with Crippen LogP contribution in [0.25, 0.3) is 0 Å². The lowest BCUT2D eigenvalue weighted by Crippen LogP contribution is -2.71. The highest BCUT2D eigenvalue weighted by Crippen LogP contribution is 2.40. The lowest BCUT2D eigenvalue weighted by Gasteiger charge is -2.50. The van der Waals surface area contributed by atoms with Crippen LogP contribution in [0, 0.1) is 0 Å². The van der Waals surface area contributed by atoms with E-state index in [1.807, 2.05) is 0 Å². The molecular formula is C20H22N8O7S3. The summed E-state index contributed by atoms with van der Waals surface area (Å²) < 4.78 is 30.9. The van der Waals surface area contributed by atoms with Crippen LogP contribution in [-0.4, -0.2) is 76.2 Å². The maximum absolute atomic E-state index is 13.0. The van der Waals surface area contributed by atoms with Gasteiger partial charge in [-0.3, -0.25) is 19.2 Å². The van der Waals surface area contributed by atoms with E-state index in [2.05, 4.69) is 24.6 Å². The second-order valence-electron chi connectivity index (χ2n) is 8.05. The summed E-state index contributed by atoms with van der Waals surface area (Å²) in [5, 5.41) is 17.8. The number of aromatic nitrogens is 3. The zero-order valence-electron chi connectivity index (χ0n) is 20.0. The minimum atomic E-state index is -3.51. The maximum atomic E-state index is 13.0. The molecule has 202 valence electrons. The van der Waals surface area contributed by atoms with E-state index in [9.17, 15) is 27.9 Å². The standard InChI is InChI=1S/C20H22N8O7S3/c1-3-35-24-12(15-23-20(21)37-25-15)16(29)22-13-17(30)28-14(19(31)32)10(9-36-18(13)28)7-27-6-4-5-11(8-27)26-38(2,33)34/h4-6,8,13,18,26H,3,7,9H2,1-2H3,(H3-,21,22,23,25,29,31,32)/t13?,18-/m0/s1. The molecule has 1 fully saturated rings. The van der Waals surface area contributed by atoms with Crippen LogP contribution in [0.1, 0.15) is 12.7 Å². The molecule has 38 heavy (non-hydrogen) atoms. The van der Waals surface area contributed by atoms with E-state index in [4.69, 9.17) is 10.6 Å². The monoisotopic (exact) mass is 582 g/mol. The fourth-order valence-electron chi connectivity index (χ4n) is 3.76. The summed E-state index contributed by atoms with van der Waals surface area (Å²) in [6.07, 6.45) is 4.14. The first-order valence-electron chi connectivity index (χ1n) is 10.9. The fraction of sp³-hybridized carbons (Fsp3) is 0.350. The van der Waals surface area contributed by atoms with Gasteiger partial charge in [0.1, 0.15) is 23.7 Å². The highest BCUT2D eigenvalue weighted by Gasteiger charge is 2.53. The first-order chi connectivity index (χ1) is 18.0. The SMILES string of the molecule is CCON=C(C(=O)NC1C(=O)N2C(C(=O)[O-])=C(C[n+]3cccc(NS(C)(=O)=O)c3)CS[C@@H]12)c1nsc(N)n1. The van der Waals surface area contributed by atoms with Crippen molar-refractivity contribution in [2.75, 3.05) is 29.1 Å². The molecule has 1 saturated heterocycles. The van der Waals surface area contributed by atoms with Gasteiger partial charge in [0, 0.05) is 28.9 Å². The number of sulfonamides is 1. The Morgan fingerprint density at radius 1 is 1.42 bits per heavy atom. The van der Waals surface area contributed by atoms with E-state index in [1.54, 1.807) is 29.8 Å². The summed E-state index contributed by atoms with van der Waals surface area (Å²) in [5.41, 5.74) is 5.69.